The lowest BCUT2D eigenvalue weighted by molar-refractivity contribution is -0.161. The van der Waals surface area contributed by atoms with Gasteiger partial charge in [0.25, 0.3) is 0 Å². The van der Waals surface area contributed by atoms with E-state index in [2.05, 4.69) is 41.5 Å². The third-order valence-corrected chi connectivity index (χ3v) is 24.0. The topological polar surface area (TPSA) is 237 Å². The van der Waals surface area contributed by atoms with Gasteiger partial charge in [0.15, 0.2) is 12.2 Å². The molecular formula is C92H180O17P2. The minimum Gasteiger partial charge on any atom is -0.462 e. The first-order valence-electron chi connectivity index (χ1n) is 47.5. The Morgan fingerprint density at radius 1 is 0.261 bits per heavy atom. The van der Waals surface area contributed by atoms with Gasteiger partial charge in [-0.3, -0.25) is 37.3 Å². The average Bonchev–Trinajstić information content (AvgIpc) is 0.936. The normalized spacial score (nSPS) is 14.0. The van der Waals surface area contributed by atoms with Crippen molar-refractivity contribution in [2.24, 2.45) is 11.8 Å². The van der Waals surface area contributed by atoms with Gasteiger partial charge in [0.2, 0.25) is 0 Å². The van der Waals surface area contributed by atoms with Crippen LogP contribution in [0, 0.1) is 11.8 Å². The predicted molar refractivity (Wildman–Crippen MR) is 460 cm³/mol. The summed E-state index contributed by atoms with van der Waals surface area (Å²) in [6.45, 7) is 9.78. The van der Waals surface area contributed by atoms with Crippen LogP contribution >= 0.6 is 15.6 Å². The lowest BCUT2D eigenvalue weighted by atomic mass is 9.99. The van der Waals surface area contributed by atoms with Crippen molar-refractivity contribution in [1.29, 1.82) is 0 Å². The van der Waals surface area contributed by atoms with Gasteiger partial charge in [-0.05, 0) is 37.5 Å². The number of unbranched alkanes of at least 4 members (excludes halogenated alkanes) is 60. The molecule has 0 bridgehead atoms. The van der Waals surface area contributed by atoms with Crippen LogP contribution in [0.1, 0.15) is 497 Å². The van der Waals surface area contributed by atoms with E-state index in [9.17, 15) is 43.2 Å². The third kappa shape index (κ3) is 84.3. The summed E-state index contributed by atoms with van der Waals surface area (Å²) in [5.74, 6) is -0.404. The second kappa shape index (κ2) is 83.1. The van der Waals surface area contributed by atoms with Crippen LogP contribution < -0.4 is 0 Å². The molecule has 3 N–H and O–H groups in total. The number of phosphoric acid groups is 2. The zero-order chi connectivity index (χ0) is 81.3. The van der Waals surface area contributed by atoms with E-state index in [0.29, 0.717) is 25.7 Å². The second-order valence-electron chi connectivity index (χ2n) is 33.8. The molecule has 0 aromatic rings. The molecule has 0 fully saturated rings. The molecule has 3 unspecified atom stereocenters. The molecule has 0 aliphatic rings. The van der Waals surface area contributed by atoms with Crippen molar-refractivity contribution in [3.05, 3.63) is 0 Å². The van der Waals surface area contributed by atoms with E-state index in [1.165, 1.54) is 315 Å². The van der Waals surface area contributed by atoms with Gasteiger partial charge >= 0.3 is 39.5 Å². The molecule has 0 radical (unpaired) electrons. The van der Waals surface area contributed by atoms with Gasteiger partial charge in [0.1, 0.15) is 19.3 Å². The van der Waals surface area contributed by atoms with Gasteiger partial charge in [0.05, 0.1) is 26.4 Å². The van der Waals surface area contributed by atoms with Crippen LogP contribution in [0.4, 0.5) is 0 Å². The number of aliphatic hydroxyl groups is 1. The molecule has 0 spiro atoms. The summed E-state index contributed by atoms with van der Waals surface area (Å²) in [6.07, 6.45) is 78.0. The Labute approximate surface area is 683 Å². The fourth-order valence-corrected chi connectivity index (χ4v) is 16.0. The number of aliphatic hydroxyl groups excluding tert-OH is 1. The molecule has 0 saturated carbocycles. The Bertz CT molecular complexity index is 2120. The summed E-state index contributed by atoms with van der Waals surface area (Å²) in [5, 5.41) is 10.7. The third-order valence-electron chi connectivity index (χ3n) is 22.1. The Hall–Kier alpha value is -1.94. The fraction of sp³-hybridized carbons (Fsp3) is 0.957. The highest BCUT2D eigenvalue weighted by atomic mass is 31.2. The molecular weight excluding hydrogens is 1440 g/mol. The Morgan fingerprint density at radius 2 is 0.459 bits per heavy atom. The molecule has 0 aromatic carbocycles. The molecule has 0 aliphatic heterocycles. The summed E-state index contributed by atoms with van der Waals surface area (Å²) in [5.41, 5.74) is 0. The molecule has 17 nitrogen and oxygen atoms in total. The van der Waals surface area contributed by atoms with Crippen molar-refractivity contribution in [1.82, 2.24) is 0 Å². The highest BCUT2D eigenvalue weighted by molar-refractivity contribution is 7.47. The number of hydrogen-bond donors (Lipinski definition) is 3. The second-order valence-corrected chi connectivity index (χ2v) is 36.7. The summed E-state index contributed by atoms with van der Waals surface area (Å²) in [7, 11) is -9.93. The number of rotatable bonds is 91. The van der Waals surface area contributed by atoms with Gasteiger partial charge in [-0.1, -0.05) is 446 Å². The van der Waals surface area contributed by atoms with Crippen LogP contribution in [0.5, 0.6) is 0 Å². The highest BCUT2D eigenvalue weighted by Gasteiger charge is 2.31. The molecule has 0 rings (SSSR count). The Balaban J connectivity index is 5.16. The van der Waals surface area contributed by atoms with Crippen LogP contribution in [0.25, 0.3) is 0 Å². The first-order chi connectivity index (χ1) is 53.9. The minimum absolute atomic E-state index is 0.109. The first kappa shape index (κ1) is 109. The number of ether oxygens (including phenoxy) is 4. The maximum atomic E-state index is 13.2. The van der Waals surface area contributed by atoms with Gasteiger partial charge < -0.3 is 33.8 Å². The Kier molecular flexibility index (Phi) is 81.7. The zero-order valence-electron chi connectivity index (χ0n) is 73.3. The van der Waals surface area contributed by atoms with Crippen molar-refractivity contribution in [3.8, 4) is 0 Å². The monoisotopic (exact) mass is 1620 g/mol. The number of carbonyl (C=O) groups excluding carboxylic acids is 4. The maximum Gasteiger partial charge on any atom is 0.472 e. The summed E-state index contributed by atoms with van der Waals surface area (Å²) >= 11 is 0. The predicted octanol–water partition coefficient (Wildman–Crippen LogP) is 28.6. The SMILES string of the molecule is CCCCCCCCCCCCCCCCCCCCCCC(=O)O[C@H](COC(=O)CCCCCCCCCC)COP(=O)(O)OC[C@H](O)COP(=O)(O)OC[C@@H](COC(=O)CCCCCCCCCCCCCCCCCCCCC(C)C)OC(=O)CCCCCCCCCCCCCCCCCCCCC(C)CC. The minimum atomic E-state index is -4.97. The first-order valence-corrected chi connectivity index (χ1v) is 50.5. The van der Waals surface area contributed by atoms with Crippen LogP contribution in [0.2, 0.25) is 0 Å². The summed E-state index contributed by atoms with van der Waals surface area (Å²) in [6, 6.07) is 0. The summed E-state index contributed by atoms with van der Waals surface area (Å²) < 4.78 is 69.0. The van der Waals surface area contributed by atoms with E-state index >= 15 is 0 Å². The van der Waals surface area contributed by atoms with Crippen LogP contribution in [-0.2, 0) is 65.4 Å². The van der Waals surface area contributed by atoms with Crippen molar-refractivity contribution in [3.63, 3.8) is 0 Å². The fourth-order valence-electron chi connectivity index (χ4n) is 14.4. The lowest BCUT2D eigenvalue weighted by Gasteiger charge is -2.21. The maximum absolute atomic E-state index is 13.2. The van der Waals surface area contributed by atoms with Gasteiger partial charge in [-0.2, -0.15) is 0 Å². The van der Waals surface area contributed by atoms with E-state index in [-0.39, 0.29) is 25.7 Å². The standard InChI is InChI=1S/C92H180O17P2/c1-7-10-12-14-16-18-19-20-21-22-23-24-32-37-42-47-52-58-64-70-76-91(96)108-87(80-102-89(94)74-68-62-56-17-15-13-11-8-2)82-106-110(98,99)104-78-86(93)79-105-111(100,101)107-83-88(81-103-90(95)75-69-63-57-51-46-41-36-31-27-25-29-34-39-44-49-54-60-66-72-84(4)5)109-92(97)77-71-65-59-53-48-43-38-33-28-26-30-35-40-45-50-55-61-67-73-85(6)9-3/h84-88,93H,7-83H2,1-6H3,(H,98,99)(H,100,101)/t85?,86-,87+,88+/m0/s1. The number of hydrogen-bond acceptors (Lipinski definition) is 15. The molecule has 0 aromatic heterocycles. The number of esters is 4. The van der Waals surface area contributed by atoms with E-state index < -0.39 is 97.5 Å². The van der Waals surface area contributed by atoms with Crippen molar-refractivity contribution in [2.45, 2.75) is 516 Å². The molecule has 111 heavy (non-hydrogen) atoms. The van der Waals surface area contributed by atoms with Crippen LogP contribution in [-0.4, -0.2) is 96.7 Å². The van der Waals surface area contributed by atoms with Gasteiger partial charge in [0, 0.05) is 25.7 Å². The van der Waals surface area contributed by atoms with E-state index in [1.54, 1.807) is 0 Å². The van der Waals surface area contributed by atoms with Gasteiger partial charge in [-0.15, -0.1) is 0 Å². The molecule has 0 aliphatic carbocycles. The van der Waals surface area contributed by atoms with Gasteiger partial charge in [-0.25, -0.2) is 9.13 Å². The van der Waals surface area contributed by atoms with Crippen LogP contribution in [0.15, 0.2) is 0 Å². The lowest BCUT2D eigenvalue weighted by Crippen LogP contribution is -2.30. The summed E-state index contributed by atoms with van der Waals surface area (Å²) in [4.78, 5) is 73.3. The quantitative estimate of drug-likeness (QED) is 0.0222. The highest BCUT2D eigenvalue weighted by Crippen LogP contribution is 2.45. The van der Waals surface area contributed by atoms with Crippen LogP contribution in [0.3, 0.4) is 0 Å². The number of phosphoric ester groups is 2. The van der Waals surface area contributed by atoms with Crippen molar-refractivity contribution in [2.75, 3.05) is 39.6 Å². The average molecular weight is 1620 g/mol. The smallest absolute Gasteiger partial charge is 0.462 e. The Morgan fingerprint density at radius 3 is 0.685 bits per heavy atom. The molecule has 0 saturated heterocycles. The molecule has 19 heteroatoms. The molecule has 0 heterocycles. The zero-order valence-corrected chi connectivity index (χ0v) is 75.1. The van der Waals surface area contributed by atoms with E-state index in [4.69, 9.17) is 37.0 Å². The molecule has 0 amide bonds. The van der Waals surface area contributed by atoms with E-state index in [0.717, 1.165) is 102 Å². The van der Waals surface area contributed by atoms with E-state index in [1.807, 2.05) is 0 Å². The van der Waals surface area contributed by atoms with Crippen molar-refractivity contribution < 1.29 is 80.2 Å². The molecule has 6 atom stereocenters. The molecule has 660 valence electrons. The largest absolute Gasteiger partial charge is 0.472 e. The van der Waals surface area contributed by atoms with Crippen molar-refractivity contribution >= 4 is 39.5 Å². The number of carbonyl (C=O) groups is 4.